The molecule has 2 heterocycles. The van der Waals surface area contributed by atoms with Gasteiger partial charge in [0.05, 0.1) is 16.7 Å². The molecule has 1 aromatic carbocycles. The molecule has 1 fully saturated rings. The fourth-order valence-corrected chi connectivity index (χ4v) is 4.47. The highest BCUT2D eigenvalue weighted by Crippen LogP contribution is 2.35. The number of piperazine rings is 1. The molecule has 7 heteroatoms. The standard InChI is InChI=1S/C25H33Cl2N3O2/c1-2-3-4-5-8-17-32-24-22(26)18-20(19-23(24)27)25(31)30-15-13-29(14-16-30)12-10-21-9-6-7-11-28-21/h6-7,9,11,18-19H,2-5,8,10,12-17H2,1H3. The quantitative estimate of drug-likeness (QED) is 0.387. The molecular weight excluding hydrogens is 445 g/mol. The third-order valence-electron chi connectivity index (χ3n) is 5.81. The Hall–Kier alpha value is -1.82. The summed E-state index contributed by atoms with van der Waals surface area (Å²) in [7, 11) is 0. The summed E-state index contributed by atoms with van der Waals surface area (Å²) in [5.41, 5.74) is 1.61. The fraction of sp³-hybridized carbons (Fsp3) is 0.520. The molecule has 174 valence electrons. The van der Waals surface area contributed by atoms with Crippen LogP contribution in [0.5, 0.6) is 5.75 Å². The normalized spacial score (nSPS) is 14.5. The summed E-state index contributed by atoms with van der Waals surface area (Å²) in [6.07, 6.45) is 8.52. The zero-order chi connectivity index (χ0) is 22.8. The van der Waals surface area contributed by atoms with Crippen molar-refractivity contribution in [3.8, 4) is 5.75 Å². The lowest BCUT2D eigenvalue weighted by Gasteiger charge is -2.34. The highest BCUT2D eigenvalue weighted by molar-refractivity contribution is 6.37. The third-order valence-corrected chi connectivity index (χ3v) is 6.37. The Bertz CT molecular complexity index is 833. The smallest absolute Gasteiger partial charge is 0.254 e. The van der Waals surface area contributed by atoms with Crippen LogP contribution in [0.2, 0.25) is 10.0 Å². The molecule has 3 rings (SSSR count). The van der Waals surface area contributed by atoms with Gasteiger partial charge in [0, 0.05) is 56.6 Å². The van der Waals surface area contributed by atoms with Gasteiger partial charge in [-0.05, 0) is 30.7 Å². The molecule has 5 nitrogen and oxygen atoms in total. The van der Waals surface area contributed by atoms with Gasteiger partial charge < -0.3 is 9.64 Å². The Morgan fingerprint density at radius 1 is 1.03 bits per heavy atom. The number of carbonyl (C=O) groups excluding carboxylic acids is 1. The number of halogens is 2. The number of rotatable bonds is 11. The minimum atomic E-state index is -0.0377. The Balaban J connectivity index is 1.47. The number of benzene rings is 1. The van der Waals surface area contributed by atoms with Crippen molar-refractivity contribution in [3.05, 3.63) is 57.8 Å². The number of nitrogens with zero attached hydrogens (tertiary/aromatic N) is 3. The van der Waals surface area contributed by atoms with Gasteiger partial charge in [-0.25, -0.2) is 0 Å². The van der Waals surface area contributed by atoms with Crippen molar-refractivity contribution in [2.45, 2.75) is 45.4 Å². The molecule has 0 saturated carbocycles. The highest BCUT2D eigenvalue weighted by Gasteiger charge is 2.23. The summed E-state index contributed by atoms with van der Waals surface area (Å²) in [6.45, 7) is 6.79. The van der Waals surface area contributed by atoms with Crippen molar-refractivity contribution in [1.29, 1.82) is 0 Å². The number of hydrogen-bond acceptors (Lipinski definition) is 4. The van der Waals surface area contributed by atoms with Crippen LogP contribution in [-0.2, 0) is 6.42 Å². The van der Waals surface area contributed by atoms with Gasteiger partial charge in [0.25, 0.3) is 5.91 Å². The second kappa shape index (κ2) is 13.0. The van der Waals surface area contributed by atoms with Gasteiger partial charge >= 0.3 is 0 Å². The van der Waals surface area contributed by atoms with E-state index in [0.29, 0.717) is 41.1 Å². The van der Waals surface area contributed by atoms with Crippen LogP contribution in [0.15, 0.2) is 36.5 Å². The number of hydrogen-bond donors (Lipinski definition) is 0. The first kappa shape index (κ1) is 24.8. The summed E-state index contributed by atoms with van der Waals surface area (Å²) in [5, 5.41) is 0.784. The van der Waals surface area contributed by atoms with Crippen LogP contribution < -0.4 is 4.74 Å². The molecule has 1 aliphatic heterocycles. The highest BCUT2D eigenvalue weighted by atomic mass is 35.5. The monoisotopic (exact) mass is 477 g/mol. The second-order valence-corrected chi connectivity index (χ2v) is 9.05. The number of aromatic nitrogens is 1. The first-order chi connectivity index (χ1) is 15.6. The zero-order valence-electron chi connectivity index (χ0n) is 18.9. The van der Waals surface area contributed by atoms with Crippen molar-refractivity contribution in [2.75, 3.05) is 39.3 Å². The first-order valence-electron chi connectivity index (χ1n) is 11.6. The van der Waals surface area contributed by atoms with Crippen molar-refractivity contribution in [2.24, 2.45) is 0 Å². The van der Waals surface area contributed by atoms with E-state index >= 15 is 0 Å². The number of ether oxygens (including phenoxy) is 1. The summed E-state index contributed by atoms with van der Waals surface area (Å²) < 4.78 is 5.80. The van der Waals surface area contributed by atoms with Crippen LogP contribution in [0.25, 0.3) is 0 Å². The molecule has 0 atom stereocenters. The molecule has 1 saturated heterocycles. The van der Waals surface area contributed by atoms with Crippen molar-refractivity contribution >= 4 is 29.1 Å². The Morgan fingerprint density at radius 2 is 1.75 bits per heavy atom. The number of pyridine rings is 1. The van der Waals surface area contributed by atoms with Gasteiger partial charge in [-0.15, -0.1) is 0 Å². The number of amides is 1. The largest absolute Gasteiger partial charge is 0.490 e. The van der Waals surface area contributed by atoms with E-state index in [1.54, 1.807) is 12.1 Å². The minimum Gasteiger partial charge on any atom is -0.490 e. The van der Waals surface area contributed by atoms with Crippen molar-refractivity contribution in [3.63, 3.8) is 0 Å². The molecule has 32 heavy (non-hydrogen) atoms. The summed E-state index contributed by atoms with van der Waals surface area (Å²) >= 11 is 12.8. The number of unbranched alkanes of at least 4 members (excludes halogenated alkanes) is 4. The molecular formula is C25H33Cl2N3O2. The molecule has 0 N–H and O–H groups in total. The lowest BCUT2D eigenvalue weighted by Crippen LogP contribution is -2.49. The maximum atomic E-state index is 13.0. The molecule has 0 radical (unpaired) electrons. The van der Waals surface area contributed by atoms with Gasteiger partial charge in [0.1, 0.15) is 0 Å². The van der Waals surface area contributed by atoms with Crippen LogP contribution in [-0.4, -0.2) is 60.0 Å². The van der Waals surface area contributed by atoms with E-state index in [2.05, 4.69) is 16.8 Å². The Labute approximate surface area is 201 Å². The van der Waals surface area contributed by atoms with Gasteiger partial charge in [-0.1, -0.05) is 61.9 Å². The van der Waals surface area contributed by atoms with Gasteiger partial charge in [0.15, 0.2) is 5.75 Å². The van der Waals surface area contributed by atoms with Crippen molar-refractivity contribution in [1.82, 2.24) is 14.8 Å². The lowest BCUT2D eigenvalue weighted by molar-refractivity contribution is 0.0638. The predicted molar refractivity (Wildman–Crippen MR) is 131 cm³/mol. The number of carbonyl (C=O) groups is 1. The van der Waals surface area contributed by atoms with Gasteiger partial charge in [-0.2, -0.15) is 0 Å². The summed E-state index contributed by atoms with van der Waals surface area (Å²) in [5.74, 6) is 0.434. The molecule has 0 bridgehead atoms. The topological polar surface area (TPSA) is 45.7 Å². The average Bonchev–Trinajstić information content (AvgIpc) is 2.82. The Morgan fingerprint density at radius 3 is 2.41 bits per heavy atom. The van der Waals surface area contributed by atoms with Crippen LogP contribution in [0.3, 0.4) is 0 Å². The van der Waals surface area contributed by atoms with E-state index in [-0.39, 0.29) is 5.91 Å². The third kappa shape index (κ3) is 7.36. The summed E-state index contributed by atoms with van der Waals surface area (Å²) in [6, 6.07) is 9.34. The van der Waals surface area contributed by atoms with E-state index < -0.39 is 0 Å². The van der Waals surface area contributed by atoms with Crippen LogP contribution in [0.1, 0.15) is 55.1 Å². The van der Waals surface area contributed by atoms with Gasteiger partial charge in [0.2, 0.25) is 0 Å². The predicted octanol–water partition coefficient (Wildman–Crippen LogP) is 5.74. The fourth-order valence-electron chi connectivity index (χ4n) is 3.88. The molecule has 2 aromatic rings. The van der Waals surface area contributed by atoms with E-state index in [0.717, 1.165) is 44.6 Å². The zero-order valence-corrected chi connectivity index (χ0v) is 20.4. The molecule has 0 aliphatic carbocycles. The summed E-state index contributed by atoms with van der Waals surface area (Å²) in [4.78, 5) is 21.6. The van der Waals surface area contributed by atoms with Crippen LogP contribution in [0.4, 0.5) is 0 Å². The van der Waals surface area contributed by atoms with E-state index in [1.807, 2.05) is 29.3 Å². The molecule has 0 unspecified atom stereocenters. The van der Waals surface area contributed by atoms with Crippen molar-refractivity contribution < 1.29 is 9.53 Å². The van der Waals surface area contributed by atoms with Crippen LogP contribution >= 0.6 is 23.2 Å². The minimum absolute atomic E-state index is 0.0377. The lowest BCUT2D eigenvalue weighted by atomic mass is 10.1. The Kier molecular flexibility index (Phi) is 10.1. The average molecular weight is 478 g/mol. The maximum Gasteiger partial charge on any atom is 0.254 e. The molecule has 1 amide bonds. The van der Waals surface area contributed by atoms with Crippen LogP contribution in [0, 0.1) is 0 Å². The maximum absolute atomic E-state index is 13.0. The second-order valence-electron chi connectivity index (χ2n) is 8.24. The van der Waals surface area contributed by atoms with E-state index in [4.69, 9.17) is 27.9 Å². The van der Waals surface area contributed by atoms with E-state index in [1.165, 1.54) is 19.3 Å². The molecule has 0 spiro atoms. The first-order valence-corrected chi connectivity index (χ1v) is 12.4. The molecule has 1 aromatic heterocycles. The molecule has 1 aliphatic rings. The van der Waals surface area contributed by atoms with Gasteiger partial charge in [-0.3, -0.25) is 14.7 Å². The van der Waals surface area contributed by atoms with E-state index in [9.17, 15) is 4.79 Å². The SMILES string of the molecule is CCCCCCCOc1c(Cl)cc(C(=O)N2CCN(CCc3ccccn3)CC2)cc1Cl.